The van der Waals surface area contributed by atoms with Crippen LogP contribution in [0, 0.1) is 0 Å². The maximum Gasteiger partial charge on any atom is 0.407 e. The van der Waals surface area contributed by atoms with Gasteiger partial charge in [0, 0.05) is 11.4 Å². The molecule has 1 rings (SSSR count). The maximum atomic E-state index is 11.8. The fourth-order valence-electron chi connectivity index (χ4n) is 3.24. The molecule has 0 saturated carbocycles. The number of rotatable bonds is 7. The molecule has 1 aromatic rings. The van der Waals surface area contributed by atoms with Gasteiger partial charge in [0.15, 0.2) is 0 Å². The second-order valence-electron chi connectivity index (χ2n) is 8.43. The Morgan fingerprint density at radius 1 is 1.00 bits per heavy atom. The van der Waals surface area contributed by atoms with Crippen molar-refractivity contribution in [3.05, 3.63) is 29.8 Å². The van der Waals surface area contributed by atoms with Gasteiger partial charge in [-0.3, -0.25) is 0 Å². The van der Waals surface area contributed by atoms with Crippen LogP contribution in [0.15, 0.2) is 29.2 Å². The van der Waals surface area contributed by atoms with Gasteiger partial charge in [-0.1, -0.05) is 64.5 Å². The Balaban J connectivity index is 2.79. The van der Waals surface area contributed by atoms with E-state index in [0.717, 1.165) is 5.56 Å². The Morgan fingerprint density at radius 2 is 1.46 bits per heavy atom. The van der Waals surface area contributed by atoms with Crippen molar-refractivity contribution in [2.75, 3.05) is 0 Å². The molecule has 1 amide bonds. The second kappa shape index (κ2) is 9.41. The highest BCUT2D eigenvalue weighted by molar-refractivity contribution is 8.94. The monoisotopic (exact) mass is 399 g/mol. The first-order valence-electron chi connectivity index (χ1n) is 9.43. The van der Waals surface area contributed by atoms with E-state index in [4.69, 9.17) is 4.74 Å². The minimum Gasteiger partial charge on any atom is -0.444 e. The summed E-state index contributed by atoms with van der Waals surface area (Å²) in [6, 6.07) is 8.58. The van der Waals surface area contributed by atoms with Gasteiger partial charge >= 0.3 is 6.09 Å². The molecule has 0 bridgehead atoms. The van der Waals surface area contributed by atoms with E-state index >= 15 is 0 Å². The van der Waals surface area contributed by atoms with Crippen molar-refractivity contribution < 1.29 is 9.53 Å². The summed E-state index contributed by atoms with van der Waals surface area (Å²) in [7, 11) is 1.24. The molecule has 0 unspecified atom stereocenters. The minimum atomic E-state index is -0.831. The average molecular weight is 400 g/mol. The normalized spacial score (nSPS) is 13.4. The van der Waals surface area contributed by atoms with Crippen LogP contribution in [0.4, 0.5) is 4.79 Å². The molecule has 150 valence electrons. The molecular weight excluding hydrogens is 362 g/mol. The molecule has 0 atom stereocenters. The first-order valence-corrected chi connectivity index (χ1v) is 12.6. The highest BCUT2D eigenvalue weighted by Crippen LogP contribution is 2.71. The fraction of sp³-hybridized carbons (Fsp3) is 0.667. The topological polar surface area (TPSA) is 38.3 Å². The summed E-state index contributed by atoms with van der Waals surface area (Å²) >= 11 is 0. The van der Waals surface area contributed by atoms with Gasteiger partial charge < -0.3 is 10.1 Å². The summed E-state index contributed by atoms with van der Waals surface area (Å²) in [5.41, 5.74) is 0.612. The number of carbonyl (C=O) groups excluding carboxylic acids is 1. The number of benzene rings is 1. The zero-order valence-corrected chi connectivity index (χ0v) is 19.5. The first kappa shape index (κ1) is 23.2. The van der Waals surface area contributed by atoms with E-state index in [9.17, 15) is 4.79 Å². The van der Waals surface area contributed by atoms with Crippen LogP contribution in [-0.2, 0) is 11.3 Å². The van der Waals surface area contributed by atoms with Crippen LogP contribution in [0.1, 0.15) is 67.9 Å². The quantitative estimate of drug-likeness (QED) is 0.515. The summed E-state index contributed by atoms with van der Waals surface area (Å²) < 4.78 is 5.28. The Labute approximate surface area is 165 Å². The fourth-order valence-corrected chi connectivity index (χ4v) is 10.7. The number of nitrogens with one attached hydrogen (secondary N) is 1. The summed E-state index contributed by atoms with van der Waals surface area (Å²) in [4.78, 5) is 13.1. The SMILES string of the molecule is CC(C)S(Sc1ccc(CNC(=O)OC(C)(C)C)cc1)(C(C)C)C(C)C. The third-order valence-corrected chi connectivity index (χ3v) is 14.3. The zero-order valence-electron chi connectivity index (χ0n) is 17.9. The largest absolute Gasteiger partial charge is 0.444 e. The van der Waals surface area contributed by atoms with E-state index in [2.05, 4.69) is 81.9 Å². The van der Waals surface area contributed by atoms with Gasteiger partial charge in [-0.15, -0.1) is 0 Å². The number of carbonyl (C=O) groups is 1. The molecule has 26 heavy (non-hydrogen) atoms. The lowest BCUT2D eigenvalue weighted by Crippen LogP contribution is -2.32. The van der Waals surface area contributed by atoms with Crippen molar-refractivity contribution in [1.82, 2.24) is 5.32 Å². The van der Waals surface area contributed by atoms with Gasteiger partial charge in [-0.2, -0.15) is 9.06 Å². The molecule has 0 saturated heterocycles. The van der Waals surface area contributed by atoms with Crippen molar-refractivity contribution in [2.24, 2.45) is 0 Å². The molecule has 0 aromatic heterocycles. The highest BCUT2D eigenvalue weighted by atomic mass is 33.2. The predicted molar refractivity (Wildman–Crippen MR) is 118 cm³/mol. The maximum absolute atomic E-state index is 11.8. The molecule has 0 aliphatic heterocycles. The van der Waals surface area contributed by atoms with Crippen LogP contribution in [0.5, 0.6) is 0 Å². The second-order valence-corrected chi connectivity index (χ2v) is 15.5. The lowest BCUT2D eigenvalue weighted by atomic mass is 10.2. The predicted octanol–water partition coefficient (Wildman–Crippen LogP) is 6.75. The van der Waals surface area contributed by atoms with Crippen LogP contribution in [-0.4, -0.2) is 27.4 Å². The van der Waals surface area contributed by atoms with Crippen LogP contribution in [0.2, 0.25) is 0 Å². The van der Waals surface area contributed by atoms with Crippen LogP contribution in [0.25, 0.3) is 0 Å². The zero-order chi connectivity index (χ0) is 20.1. The van der Waals surface area contributed by atoms with Crippen LogP contribution >= 0.6 is 19.9 Å². The molecule has 0 heterocycles. The van der Waals surface area contributed by atoms with Gasteiger partial charge in [0.1, 0.15) is 5.60 Å². The van der Waals surface area contributed by atoms with E-state index in [-0.39, 0.29) is 6.09 Å². The lowest BCUT2D eigenvalue weighted by Gasteiger charge is -2.50. The molecular formula is C21H37NO2S2. The molecule has 1 aromatic carbocycles. The van der Waals surface area contributed by atoms with Crippen molar-refractivity contribution in [3.8, 4) is 0 Å². The summed E-state index contributed by atoms with van der Waals surface area (Å²) in [5.74, 6) is 0. The third kappa shape index (κ3) is 6.41. The van der Waals surface area contributed by atoms with Crippen molar-refractivity contribution >= 4 is 25.9 Å². The number of hydrogen-bond donors (Lipinski definition) is 1. The Bertz CT molecular complexity index is 553. The summed E-state index contributed by atoms with van der Waals surface area (Å²) in [5, 5.41) is 4.82. The first-order chi connectivity index (χ1) is 11.9. The van der Waals surface area contributed by atoms with Gasteiger partial charge in [-0.05, 0) is 54.2 Å². The van der Waals surface area contributed by atoms with Gasteiger partial charge in [-0.25, -0.2) is 4.79 Å². The van der Waals surface area contributed by atoms with E-state index in [1.165, 1.54) is 4.90 Å². The van der Waals surface area contributed by atoms with Gasteiger partial charge in [0.2, 0.25) is 0 Å². The highest BCUT2D eigenvalue weighted by Gasteiger charge is 2.35. The van der Waals surface area contributed by atoms with E-state index in [1.54, 1.807) is 0 Å². The number of hydrogen-bond acceptors (Lipinski definition) is 3. The number of alkyl carbamates (subject to hydrolysis) is 1. The molecule has 0 fully saturated rings. The molecule has 0 aliphatic rings. The molecule has 1 N–H and O–H groups in total. The van der Waals surface area contributed by atoms with Crippen LogP contribution < -0.4 is 5.32 Å². The van der Waals surface area contributed by atoms with E-state index < -0.39 is 14.7 Å². The van der Waals surface area contributed by atoms with Gasteiger partial charge in [0.25, 0.3) is 0 Å². The van der Waals surface area contributed by atoms with Crippen molar-refractivity contribution in [3.63, 3.8) is 0 Å². The Morgan fingerprint density at radius 3 is 1.85 bits per heavy atom. The lowest BCUT2D eigenvalue weighted by molar-refractivity contribution is 0.0523. The Kier molecular flexibility index (Phi) is 8.40. The molecule has 0 radical (unpaired) electrons. The van der Waals surface area contributed by atoms with Gasteiger partial charge in [0.05, 0.1) is 0 Å². The number of ether oxygens (including phenoxy) is 1. The van der Waals surface area contributed by atoms with E-state index in [0.29, 0.717) is 22.3 Å². The third-order valence-electron chi connectivity index (χ3n) is 4.21. The number of amides is 1. The molecule has 0 spiro atoms. The molecule has 3 nitrogen and oxygen atoms in total. The molecule has 5 heteroatoms. The Hall–Kier alpha value is -0.810. The summed E-state index contributed by atoms with van der Waals surface area (Å²) in [6.07, 6.45) is -0.376. The van der Waals surface area contributed by atoms with Crippen molar-refractivity contribution in [2.45, 2.75) is 95.1 Å². The average Bonchev–Trinajstić information content (AvgIpc) is 2.49. The van der Waals surface area contributed by atoms with Crippen LogP contribution in [0.3, 0.4) is 0 Å². The van der Waals surface area contributed by atoms with Crippen molar-refractivity contribution in [1.29, 1.82) is 0 Å². The minimum absolute atomic E-state index is 0.376. The standard InChI is InChI=1S/C21H37NO2S2/c1-15(2)26(16(3)4,17(5)6)25-19-12-10-18(11-13-19)14-22-20(23)24-21(7,8)9/h10-13,15-17H,14H2,1-9H3,(H,22,23). The molecule has 0 aliphatic carbocycles. The summed E-state index contributed by atoms with van der Waals surface area (Å²) in [6.45, 7) is 20.3. The van der Waals surface area contributed by atoms with E-state index in [1.807, 2.05) is 20.8 Å². The smallest absolute Gasteiger partial charge is 0.407 e.